The number of hydrogen-bond donors (Lipinski definition) is 0. The summed E-state index contributed by atoms with van der Waals surface area (Å²) in [6.07, 6.45) is -8.70. The third kappa shape index (κ3) is 2.97. The minimum absolute atomic E-state index is 0.0171. The zero-order chi connectivity index (χ0) is 21.6. The first-order valence-electron chi connectivity index (χ1n) is 9.89. The Morgan fingerprint density at radius 2 is 1.38 bits per heavy atom. The van der Waals surface area contributed by atoms with Gasteiger partial charge < -0.3 is 9.47 Å². The van der Waals surface area contributed by atoms with Gasteiger partial charge in [0, 0.05) is 5.92 Å². The second-order valence-corrected chi connectivity index (χ2v) is 9.90. The summed E-state index contributed by atoms with van der Waals surface area (Å²) >= 11 is 0. The first kappa shape index (κ1) is 20.8. The summed E-state index contributed by atoms with van der Waals surface area (Å²) in [4.78, 5) is 12.0. The molecule has 4 rings (SSSR count). The van der Waals surface area contributed by atoms with Crippen molar-refractivity contribution in [3.63, 3.8) is 0 Å². The van der Waals surface area contributed by atoms with E-state index in [1.54, 1.807) is 0 Å². The fraction of sp³-hybridized carbons (Fsp3) is 0.850. The number of alkyl halides is 6. The van der Waals surface area contributed by atoms with Crippen molar-refractivity contribution in [2.45, 2.75) is 63.6 Å². The van der Waals surface area contributed by atoms with Crippen molar-refractivity contribution >= 4 is 6.16 Å². The van der Waals surface area contributed by atoms with Crippen LogP contribution in [0, 0.1) is 41.4 Å². The summed E-state index contributed by atoms with van der Waals surface area (Å²) in [5.41, 5.74) is -5.84. The van der Waals surface area contributed by atoms with Crippen molar-refractivity contribution in [3.05, 3.63) is 12.2 Å². The molecule has 0 N–H and O–H groups in total. The van der Waals surface area contributed by atoms with Gasteiger partial charge >= 0.3 is 24.1 Å². The highest BCUT2D eigenvalue weighted by molar-refractivity contribution is 5.61. The molecule has 3 fully saturated rings. The van der Waals surface area contributed by atoms with Gasteiger partial charge in [0.1, 0.15) is 5.60 Å². The van der Waals surface area contributed by atoms with Crippen molar-refractivity contribution < 1.29 is 40.6 Å². The quantitative estimate of drug-likeness (QED) is 0.239. The number of fused-ring (bicyclic) bond motifs is 9. The molecule has 7 unspecified atom stereocenters. The van der Waals surface area contributed by atoms with Gasteiger partial charge in [-0.25, -0.2) is 4.79 Å². The standard InChI is InChI=1S/C20H24F6O3/c1-17(2,3)28-16(27)29-18(19(21,22)23,20(24,25)26)13-8-11-7-12(13)15-10-5-4-9(6-10)14(11)15/h4-5,9-15H,6-8H2,1-3H3. The Hall–Kier alpha value is -1.41. The molecule has 0 aromatic heterocycles. The maximum Gasteiger partial charge on any atom is 0.510 e. The average molecular weight is 426 g/mol. The molecule has 4 bridgehead atoms. The van der Waals surface area contributed by atoms with E-state index in [0.29, 0.717) is 6.42 Å². The van der Waals surface area contributed by atoms with E-state index in [1.807, 2.05) is 6.08 Å². The predicted molar refractivity (Wildman–Crippen MR) is 89.6 cm³/mol. The van der Waals surface area contributed by atoms with Gasteiger partial charge in [0.2, 0.25) is 0 Å². The molecule has 0 spiro atoms. The molecule has 4 aliphatic rings. The third-order valence-corrected chi connectivity index (χ3v) is 7.27. The van der Waals surface area contributed by atoms with E-state index < -0.39 is 41.5 Å². The van der Waals surface area contributed by atoms with E-state index in [1.165, 1.54) is 20.8 Å². The van der Waals surface area contributed by atoms with Gasteiger partial charge in [-0.15, -0.1) is 0 Å². The van der Waals surface area contributed by atoms with Crippen molar-refractivity contribution in [1.29, 1.82) is 0 Å². The topological polar surface area (TPSA) is 35.5 Å². The maximum absolute atomic E-state index is 14.1. The average Bonchev–Trinajstić information content (AvgIpc) is 3.25. The normalized spacial score (nSPS) is 38.4. The van der Waals surface area contributed by atoms with Crippen LogP contribution in [0.25, 0.3) is 0 Å². The number of rotatable bonds is 2. The summed E-state index contributed by atoms with van der Waals surface area (Å²) in [6.45, 7) is 4.04. The molecule has 9 heteroatoms. The molecular weight excluding hydrogens is 402 g/mol. The van der Waals surface area contributed by atoms with Crippen LogP contribution in [0.15, 0.2) is 12.2 Å². The Morgan fingerprint density at radius 3 is 1.90 bits per heavy atom. The smallest absolute Gasteiger partial charge is 0.429 e. The van der Waals surface area contributed by atoms with Crippen LogP contribution in [-0.2, 0) is 9.47 Å². The van der Waals surface area contributed by atoms with Gasteiger partial charge in [-0.3, -0.25) is 0 Å². The minimum atomic E-state index is -5.81. The largest absolute Gasteiger partial charge is 0.510 e. The number of carbonyl (C=O) groups is 1. The Bertz CT molecular complexity index is 705. The summed E-state index contributed by atoms with van der Waals surface area (Å²) < 4.78 is 93.6. The van der Waals surface area contributed by atoms with Crippen molar-refractivity contribution in [2.24, 2.45) is 41.4 Å². The minimum Gasteiger partial charge on any atom is -0.429 e. The molecule has 0 aromatic rings. The van der Waals surface area contributed by atoms with Crippen LogP contribution in [0.2, 0.25) is 0 Å². The second-order valence-electron chi connectivity index (χ2n) is 9.90. The van der Waals surface area contributed by atoms with Crippen molar-refractivity contribution in [3.8, 4) is 0 Å². The number of hydrogen-bond acceptors (Lipinski definition) is 3. The Kier molecular flexibility index (Phi) is 4.36. The molecule has 0 amide bonds. The first-order valence-corrected chi connectivity index (χ1v) is 9.89. The van der Waals surface area contributed by atoms with E-state index in [-0.39, 0.29) is 36.0 Å². The molecule has 3 nitrogen and oxygen atoms in total. The number of ether oxygens (including phenoxy) is 2. The predicted octanol–water partition coefficient (Wildman–Crippen LogP) is 5.90. The molecule has 0 aliphatic heterocycles. The SMILES string of the molecule is CC(C)(C)OC(=O)OC(C1CC2CC1C1C3C=CC(C3)C21)(C(F)(F)F)C(F)(F)F. The molecule has 3 saturated carbocycles. The van der Waals surface area contributed by atoms with Gasteiger partial charge in [0.05, 0.1) is 0 Å². The molecule has 0 heterocycles. The lowest BCUT2D eigenvalue weighted by molar-refractivity contribution is -0.391. The lowest BCUT2D eigenvalue weighted by Crippen LogP contribution is -2.66. The molecular formula is C20H24F6O3. The van der Waals surface area contributed by atoms with E-state index in [2.05, 4.69) is 15.5 Å². The van der Waals surface area contributed by atoms with E-state index in [9.17, 15) is 31.1 Å². The number of carbonyl (C=O) groups excluding carboxylic acids is 1. The van der Waals surface area contributed by atoms with E-state index in [0.717, 1.165) is 6.42 Å². The Labute approximate surface area is 164 Å². The fourth-order valence-electron chi connectivity index (χ4n) is 6.66. The molecule has 0 radical (unpaired) electrons. The van der Waals surface area contributed by atoms with Crippen LogP contribution in [-0.4, -0.2) is 29.7 Å². The Morgan fingerprint density at radius 1 is 0.828 bits per heavy atom. The summed E-state index contributed by atoms with van der Waals surface area (Å²) in [5.74, 6) is -2.64. The lowest BCUT2D eigenvalue weighted by Gasteiger charge is -2.47. The summed E-state index contributed by atoms with van der Waals surface area (Å²) in [6, 6.07) is 0. The summed E-state index contributed by atoms with van der Waals surface area (Å²) in [5, 5.41) is 0. The molecule has 4 aliphatic carbocycles. The van der Waals surface area contributed by atoms with Gasteiger partial charge in [-0.2, -0.15) is 26.3 Å². The molecule has 0 aromatic carbocycles. The van der Waals surface area contributed by atoms with Crippen LogP contribution in [0.3, 0.4) is 0 Å². The fourth-order valence-corrected chi connectivity index (χ4v) is 6.66. The third-order valence-electron chi connectivity index (χ3n) is 7.27. The highest BCUT2D eigenvalue weighted by Crippen LogP contribution is 2.71. The van der Waals surface area contributed by atoms with E-state index in [4.69, 9.17) is 0 Å². The zero-order valence-corrected chi connectivity index (χ0v) is 16.3. The molecule has 29 heavy (non-hydrogen) atoms. The van der Waals surface area contributed by atoms with E-state index >= 15 is 0 Å². The van der Waals surface area contributed by atoms with Gasteiger partial charge in [-0.05, 0) is 75.5 Å². The van der Waals surface area contributed by atoms with Crippen molar-refractivity contribution in [2.75, 3.05) is 0 Å². The lowest BCUT2D eigenvalue weighted by atomic mass is 9.64. The first-order chi connectivity index (χ1) is 13.2. The number of allylic oxidation sites excluding steroid dienone is 2. The number of halogens is 6. The van der Waals surface area contributed by atoms with Crippen LogP contribution < -0.4 is 0 Å². The molecule has 164 valence electrons. The van der Waals surface area contributed by atoms with Gasteiger partial charge in [-0.1, -0.05) is 12.2 Å². The second kappa shape index (κ2) is 6.06. The zero-order valence-electron chi connectivity index (χ0n) is 16.3. The Balaban J connectivity index is 1.72. The maximum atomic E-state index is 14.1. The highest BCUT2D eigenvalue weighted by atomic mass is 19.4. The van der Waals surface area contributed by atoms with Crippen LogP contribution in [0.1, 0.15) is 40.0 Å². The summed E-state index contributed by atoms with van der Waals surface area (Å²) in [7, 11) is 0. The van der Waals surface area contributed by atoms with Gasteiger partial charge in [0.25, 0.3) is 0 Å². The van der Waals surface area contributed by atoms with Crippen molar-refractivity contribution in [1.82, 2.24) is 0 Å². The van der Waals surface area contributed by atoms with Crippen LogP contribution >= 0.6 is 0 Å². The molecule has 7 atom stereocenters. The van der Waals surface area contributed by atoms with Crippen LogP contribution in [0.4, 0.5) is 31.1 Å². The van der Waals surface area contributed by atoms with Crippen LogP contribution in [0.5, 0.6) is 0 Å². The monoisotopic (exact) mass is 426 g/mol. The van der Waals surface area contributed by atoms with Gasteiger partial charge in [0.15, 0.2) is 0 Å². The highest BCUT2D eigenvalue weighted by Gasteiger charge is 2.81. The molecule has 0 saturated heterocycles.